The van der Waals surface area contributed by atoms with Crippen LogP contribution in [0, 0.1) is 0 Å². The van der Waals surface area contributed by atoms with E-state index in [0.717, 1.165) is 0 Å². The molecule has 0 fully saturated rings. The van der Waals surface area contributed by atoms with Gasteiger partial charge in [0.05, 0.1) is 85.5 Å². The number of carbonyl (C=O) groups is 3. The fourth-order valence-corrected chi connectivity index (χ4v) is 2.46. The molecule has 0 aliphatic rings. The Labute approximate surface area is 214 Å². The van der Waals surface area contributed by atoms with Gasteiger partial charge in [0.1, 0.15) is 5.60 Å². The van der Waals surface area contributed by atoms with Crippen LogP contribution < -0.4 is 5.32 Å². The summed E-state index contributed by atoms with van der Waals surface area (Å²) in [7, 11) is 0. The van der Waals surface area contributed by atoms with Gasteiger partial charge in [-0.1, -0.05) is 0 Å². The van der Waals surface area contributed by atoms with E-state index in [9.17, 15) is 14.4 Å². The standard InChI is InChI=1S/C24H45NO11/c1-24(2,3)36-23(29)7-10-31-12-14-33-16-18-35-20-19-34-17-15-32-13-11-30-9-4-8-25-21(26)5-6-22(27)28/h4-20H2,1-3H3,(H,25,26)(H,27,28). The molecule has 212 valence electrons. The average molecular weight is 524 g/mol. The van der Waals surface area contributed by atoms with Gasteiger partial charge in [0, 0.05) is 19.6 Å². The molecule has 36 heavy (non-hydrogen) atoms. The Morgan fingerprint density at radius 1 is 0.611 bits per heavy atom. The van der Waals surface area contributed by atoms with Gasteiger partial charge in [-0.15, -0.1) is 0 Å². The Bertz CT molecular complexity index is 567. The van der Waals surface area contributed by atoms with E-state index in [-0.39, 0.29) is 31.1 Å². The van der Waals surface area contributed by atoms with Crippen molar-refractivity contribution in [1.82, 2.24) is 5.32 Å². The van der Waals surface area contributed by atoms with E-state index >= 15 is 0 Å². The number of hydrogen-bond donors (Lipinski definition) is 2. The minimum Gasteiger partial charge on any atom is -0.481 e. The van der Waals surface area contributed by atoms with Crippen LogP contribution in [0.3, 0.4) is 0 Å². The lowest BCUT2D eigenvalue weighted by atomic mass is 10.2. The van der Waals surface area contributed by atoms with Crippen LogP contribution in [0.5, 0.6) is 0 Å². The first-order valence-corrected chi connectivity index (χ1v) is 12.4. The lowest BCUT2D eigenvalue weighted by Crippen LogP contribution is -2.25. The van der Waals surface area contributed by atoms with E-state index in [4.69, 9.17) is 38.3 Å². The third kappa shape index (κ3) is 28.4. The molecule has 0 rings (SSSR count). The Balaban J connectivity index is 3.17. The normalized spacial score (nSPS) is 11.4. The summed E-state index contributed by atoms with van der Waals surface area (Å²) < 4.78 is 37.5. The van der Waals surface area contributed by atoms with E-state index in [0.29, 0.717) is 92.2 Å². The van der Waals surface area contributed by atoms with E-state index in [1.807, 2.05) is 20.8 Å². The highest BCUT2D eigenvalue weighted by atomic mass is 16.6. The largest absolute Gasteiger partial charge is 0.481 e. The summed E-state index contributed by atoms with van der Waals surface area (Å²) in [5.74, 6) is -1.53. The van der Waals surface area contributed by atoms with Crippen LogP contribution in [0.15, 0.2) is 0 Å². The van der Waals surface area contributed by atoms with Crippen LogP contribution in [0.1, 0.15) is 46.5 Å². The van der Waals surface area contributed by atoms with Crippen molar-refractivity contribution < 1.29 is 52.6 Å². The summed E-state index contributed by atoms with van der Waals surface area (Å²) in [6.45, 7) is 11.2. The van der Waals surface area contributed by atoms with Crippen LogP contribution in [-0.4, -0.2) is 114 Å². The zero-order chi connectivity index (χ0) is 26.9. The number of carboxylic acids is 1. The van der Waals surface area contributed by atoms with Gasteiger partial charge >= 0.3 is 11.9 Å². The molecule has 0 saturated carbocycles. The van der Waals surface area contributed by atoms with Crippen molar-refractivity contribution in [3.8, 4) is 0 Å². The fraction of sp³-hybridized carbons (Fsp3) is 0.875. The van der Waals surface area contributed by atoms with Crippen LogP contribution in [0.4, 0.5) is 0 Å². The van der Waals surface area contributed by atoms with Crippen LogP contribution in [-0.2, 0) is 47.5 Å². The predicted octanol–water partition coefficient (Wildman–Crippen LogP) is 1.19. The summed E-state index contributed by atoms with van der Waals surface area (Å²) >= 11 is 0. The summed E-state index contributed by atoms with van der Waals surface area (Å²) in [6.07, 6.45) is 0.699. The molecular weight excluding hydrogens is 478 g/mol. The van der Waals surface area contributed by atoms with Crippen LogP contribution >= 0.6 is 0 Å². The summed E-state index contributed by atoms with van der Waals surface area (Å²) in [6, 6.07) is 0. The zero-order valence-corrected chi connectivity index (χ0v) is 22.1. The summed E-state index contributed by atoms with van der Waals surface area (Å²) in [4.78, 5) is 33.2. The Morgan fingerprint density at radius 3 is 1.44 bits per heavy atom. The monoisotopic (exact) mass is 523 g/mol. The number of amides is 1. The molecule has 0 radical (unpaired) electrons. The maximum atomic E-state index is 11.5. The smallest absolute Gasteiger partial charge is 0.308 e. The topological polar surface area (TPSA) is 148 Å². The Morgan fingerprint density at radius 2 is 1.03 bits per heavy atom. The van der Waals surface area contributed by atoms with Crippen molar-refractivity contribution in [2.45, 2.75) is 52.1 Å². The van der Waals surface area contributed by atoms with Crippen molar-refractivity contribution >= 4 is 17.8 Å². The first kappa shape index (κ1) is 34.2. The van der Waals surface area contributed by atoms with Crippen molar-refractivity contribution in [1.29, 1.82) is 0 Å². The van der Waals surface area contributed by atoms with Gasteiger partial charge in [-0.25, -0.2) is 0 Å². The summed E-state index contributed by atoms with van der Waals surface area (Å²) in [5.41, 5.74) is -0.478. The highest BCUT2D eigenvalue weighted by molar-refractivity contribution is 5.80. The average Bonchev–Trinajstić information content (AvgIpc) is 2.79. The molecule has 12 heteroatoms. The first-order valence-electron chi connectivity index (χ1n) is 12.4. The molecule has 0 bridgehead atoms. The lowest BCUT2D eigenvalue weighted by molar-refractivity contribution is -0.156. The maximum absolute atomic E-state index is 11.5. The van der Waals surface area contributed by atoms with E-state index in [1.165, 1.54) is 0 Å². The van der Waals surface area contributed by atoms with Gasteiger partial charge in [-0.3, -0.25) is 14.4 Å². The zero-order valence-electron chi connectivity index (χ0n) is 22.1. The number of carbonyl (C=O) groups excluding carboxylic acids is 2. The number of rotatable bonds is 25. The first-order chi connectivity index (χ1) is 17.2. The number of esters is 1. The van der Waals surface area contributed by atoms with E-state index < -0.39 is 11.6 Å². The molecule has 0 aromatic heterocycles. The molecule has 0 unspecified atom stereocenters. The van der Waals surface area contributed by atoms with Gasteiger partial charge in [-0.2, -0.15) is 0 Å². The van der Waals surface area contributed by atoms with Gasteiger partial charge in [0.15, 0.2) is 0 Å². The number of aliphatic carboxylic acids is 1. The minimum atomic E-state index is -0.984. The Hall–Kier alpha value is -1.83. The molecular formula is C24H45NO11. The number of nitrogens with one attached hydrogen (secondary N) is 1. The minimum absolute atomic E-state index is 0.0105. The van der Waals surface area contributed by atoms with E-state index in [2.05, 4.69) is 5.32 Å². The van der Waals surface area contributed by atoms with Crippen molar-refractivity contribution in [2.75, 3.05) is 85.8 Å². The van der Waals surface area contributed by atoms with Crippen LogP contribution in [0.25, 0.3) is 0 Å². The van der Waals surface area contributed by atoms with Crippen LogP contribution in [0.2, 0.25) is 0 Å². The molecule has 0 aliphatic heterocycles. The second kappa shape index (κ2) is 23.6. The molecule has 0 atom stereocenters. The molecule has 2 N–H and O–H groups in total. The number of hydrogen-bond acceptors (Lipinski definition) is 10. The number of carboxylic acid groups (broad SMARTS) is 1. The SMILES string of the molecule is CC(C)(C)OC(=O)CCOCCOCCOCCOCCOCCOCCCNC(=O)CCC(=O)O. The van der Waals surface area contributed by atoms with Crippen molar-refractivity contribution in [3.63, 3.8) is 0 Å². The van der Waals surface area contributed by atoms with Crippen molar-refractivity contribution in [3.05, 3.63) is 0 Å². The van der Waals surface area contributed by atoms with Gasteiger partial charge in [0.2, 0.25) is 5.91 Å². The second-order valence-corrected chi connectivity index (χ2v) is 8.61. The second-order valence-electron chi connectivity index (χ2n) is 8.61. The number of ether oxygens (including phenoxy) is 7. The molecule has 1 amide bonds. The summed E-state index contributed by atoms with van der Waals surface area (Å²) in [5, 5.41) is 11.1. The molecule has 0 heterocycles. The lowest BCUT2D eigenvalue weighted by Gasteiger charge is -2.19. The molecule has 0 spiro atoms. The molecule has 0 aromatic rings. The fourth-order valence-electron chi connectivity index (χ4n) is 2.46. The molecule has 0 aliphatic carbocycles. The van der Waals surface area contributed by atoms with Gasteiger partial charge in [0.25, 0.3) is 0 Å². The maximum Gasteiger partial charge on any atom is 0.308 e. The highest BCUT2D eigenvalue weighted by Crippen LogP contribution is 2.08. The molecule has 0 saturated heterocycles. The highest BCUT2D eigenvalue weighted by Gasteiger charge is 2.15. The predicted molar refractivity (Wildman–Crippen MR) is 130 cm³/mol. The quantitative estimate of drug-likeness (QED) is 0.131. The third-order valence-electron chi connectivity index (χ3n) is 4.08. The molecule has 12 nitrogen and oxygen atoms in total. The third-order valence-corrected chi connectivity index (χ3v) is 4.08. The van der Waals surface area contributed by atoms with Gasteiger partial charge in [-0.05, 0) is 27.2 Å². The Kier molecular flexibility index (Phi) is 22.4. The van der Waals surface area contributed by atoms with Gasteiger partial charge < -0.3 is 43.6 Å². The van der Waals surface area contributed by atoms with E-state index in [1.54, 1.807) is 0 Å². The van der Waals surface area contributed by atoms with Crippen molar-refractivity contribution in [2.24, 2.45) is 0 Å². The molecule has 0 aromatic carbocycles.